The fourth-order valence-corrected chi connectivity index (χ4v) is 3.01. The van der Waals surface area contributed by atoms with E-state index in [-0.39, 0.29) is 23.8 Å². The molecule has 5 nitrogen and oxygen atoms in total. The molecule has 1 heterocycles. The SMILES string of the molecule is CCCNC(=O)C1CCN([C@H](C)C(=O)Nc2ccc(Cl)cc2)CC1. The molecule has 132 valence electrons. The molecule has 1 atom stereocenters. The first-order valence-corrected chi connectivity index (χ1v) is 8.97. The number of carbonyl (C=O) groups is 2. The van der Waals surface area contributed by atoms with Gasteiger partial charge in [-0.3, -0.25) is 14.5 Å². The van der Waals surface area contributed by atoms with Crippen molar-refractivity contribution in [2.45, 2.75) is 39.2 Å². The predicted octanol–water partition coefficient (Wildman–Crippen LogP) is 2.91. The van der Waals surface area contributed by atoms with Gasteiger partial charge in [0.1, 0.15) is 0 Å². The lowest BCUT2D eigenvalue weighted by Crippen LogP contribution is -2.48. The molecule has 1 saturated heterocycles. The van der Waals surface area contributed by atoms with Crippen molar-refractivity contribution < 1.29 is 9.59 Å². The first-order valence-electron chi connectivity index (χ1n) is 8.59. The molecule has 1 aromatic carbocycles. The van der Waals surface area contributed by atoms with Crippen LogP contribution in [-0.2, 0) is 9.59 Å². The third-order valence-corrected chi connectivity index (χ3v) is 4.74. The standard InChI is InChI=1S/C18H26ClN3O2/c1-3-10-20-18(24)14-8-11-22(12-9-14)13(2)17(23)21-16-6-4-15(19)5-7-16/h4-7,13-14H,3,8-12H2,1-2H3,(H,20,24)(H,21,23)/t13-/m1/s1. The van der Waals surface area contributed by atoms with Crippen LogP contribution in [-0.4, -0.2) is 42.4 Å². The van der Waals surface area contributed by atoms with Crippen molar-refractivity contribution in [3.63, 3.8) is 0 Å². The first kappa shape index (κ1) is 18.7. The van der Waals surface area contributed by atoms with E-state index in [2.05, 4.69) is 15.5 Å². The van der Waals surface area contributed by atoms with Crippen molar-refractivity contribution in [1.29, 1.82) is 0 Å². The van der Waals surface area contributed by atoms with Gasteiger partial charge in [-0.25, -0.2) is 0 Å². The molecular formula is C18H26ClN3O2. The third-order valence-electron chi connectivity index (χ3n) is 4.49. The van der Waals surface area contributed by atoms with Crippen LogP contribution in [0.1, 0.15) is 33.1 Å². The summed E-state index contributed by atoms with van der Waals surface area (Å²) in [6, 6.07) is 6.86. The zero-order chi connectivity index (χ0) is 17.5. The summed E-state index contributed by atoms with van der Waals surface area (Å²) in [5.74, 6) is 0.181. The molecular weight excluding hydrogens is 326 g/mol. The molecule has 1 aromatic rings. The van der Waals surface area contributed by atoms with E-state index in [1.165, 1.54) is 0 Å². The van der Waals surface area contributed by atoms with Crippen LogP contribution in [0.5, 0.6) is 0 Å². The van der Waals surface area contributed by atoms with Crippen molar-refractivity contribution in [3.05, 3.63) is 29.3 Å². The summed E-state index contributed by atoms with van der Waals surface area (Å²) >= 11 is 5.85. The Labute approximate surface area is 148 Å². The molecule has 2 amide bonds. The van der Waals surface area contributed by atoms with Gasteiger partial charge in [0.05, 0.1) is 6.04 Å². The number of amides is 2. The molecule has 0 unspecified atom stereocenters. The van der Waals surface area contributed by atoms with E-state index in [0.717, 1.165) is 44.6 Å². The second kappa shape index (κ2) is 9.04. The Balaban J connectivity index is 1.81. The predicted molar refractivity (Wildman–Crippen MR) is 97.1 cm³/mol. The maximum atomic E-state index is 12.4. The Kier molecular flexibility index (Phi) is 7.06. The molecule has 1 aliphatic rings. The fraction of sp³-hybridized carbons (Fsp3) is 0.556. The maximum Gasteiger partial charge on any atom is 0.241 e. The number of carbonyl (C=O) groups excluding carboxylic acids is 2. The van der Waals surface area contributed by atoms with Crippen LogP contribution in [0.25, 0.3) is 0 Å². The lowest BCUT2D eigenvalue weighted by molar-refractivity contribution is -0.127. The van der Waals surface area contributed by atoms with E-state index in [0.29, 0.717) is 5.02 Å². The molecule has 6 heteroatoms. The molecule has 0 bridgehead atoms. The average molecular weight is 352 g/mol. The van der Waals surface area contributed by atoms with Gasteiger partial charge in [-0.05, 0) is 63.5 Å². The molecule has 0 saturated carbocycles. The number of piperidine rings is 1. The number of nitrogens with one attached hydrogen (secondary N) is 2. The number of hydrogen-bond acceptors (Lipinski definition) is 3. The van der Waals surface area contributed by atoms with Crippen LogP contribution < -0.4 is 10.6 Å². The van der Waals surface area contributed by atoms with Crippen LogP contribution in [0.4, 0.5) is 5.69 Å². The molecule has 0 radical (unpaired) electrons. The maximum absolute atomic E-state index is 12.4. The van der Waals surface area contributed by atoms with Crippen molar-refractivity contribution in [1.82, 2.24) is 10.2 Å². The molecule has 1 aliphatic heterocycles. The highest BCUT2D eigenvalue weighted by atomic mass is 35.5. The zero-order valence-corrected chi connectivity index (χ0v) is 15.1. The Morgan fingerprint density at radius 2 is 1.88 bits per heavy atom. The summed E-state index contributed by atoms with van der Waals surface area (Å²) in [5.41, 5.74) is 0.741. The Bertz CT molecular complexity index is 554. The number of benzene rings is 1. The highest BCUT2D eigenvalue weighted by Gasteiger charge is 2.29. The minimum absolute atomic E-state index is 0.0359. The van der Waals surface area contributed by atoms with E-state index in [9.17, 15) is 9.59 Å². The van der Waals surface area contributed by atoms with Crippen molar-refractivity contribution in [2.24, 2.45) is 5.92 Å². The number of hydrogen-bond donors (Lipinski definition) is 2. The van der Waals surface area contributed by atoms with E-state index < -0.39 is 0 Å². The average Bonchev–Trinajstić information content (AvgIpc) is 2.61. The number of halogens is 1. The molecule has 1 fully saturated rings. The van der Waals surface area contributed by atoms with Gasteiger partial charge in [-0.15, -0.1) is 0 Å². The van der Waals surface area contributed by atoms with Gasteiger partial charge in [-0.1, -0.05) is 18.5 Å². The van der Waals surface area contributed by atoms with E-state index in [1.807, 2.05) is 13.8 Å². The highest BCUT2D eigenvalue weighted by Crippen LogP contribution is 2.20. The van der Waals surface area contributed by atoms with Gasteiger partial charge in [0.15, 0.2) is 0 Å². The van der Waals surface area contributed by atoms with Crippen LogP contribution in [0.2, 0.25) is 5.02 Å². The summed E-state index contributed by atoms with van der Waals surface area (Å²) < 4.78 is 0. The number of nitrogens with zero attached hydrogens (tertiary/aromatic N) is 1. The van der Waals surface area contributed by atoms with Crippen LogP contribution in [0.3, 0.4) is 0 Å². The summed E-state index contributed by atoms with van der Waals surface area (Å²) in [4.78, 5) is 26.5. The normalized spacial score (nSPS) is 17.3. The second-order valence-electron chi connectivity index (χ2n) is 6.27. The lowest BCUT2D eigenvalue weighted by Gasteiger charge is -2.34. The quantitative estimate of drug-likeness (QED) is 0.828. The summed E-state index contributed by atoms with van der Waals surface area (Å²) in [6.45, 7) is 6.21. The molecule has 0 aliphatic carbocycles. The summed E-state index contributed by atoms with van der Waals surface area (Å²) in [6.07, 6.45) is 2.55. The fourth-order valence-electron chi connectivity index (χ4n) is 2.89. The van der Waals surface area contributed by atoms with E-state index in [1.54, 1.807) is 24.3 Å². The second-order valence-corrected chi connectivity index (χ2v) is 6.71. The van der Waals surface area contributed by atoms with Gasteiger partial charge in [0.25, 0.3) is 0 Å². The number of rotatable bonds is 6. The lowest BCUT2D eigenvalue weighted by atomic mass is 9.95. The van der Waals surface area contributed by atoms with Gasteiger partial charge in [0, 0.05) is 23.2 Å². The van der Waals surface area contributed by atoms with Crippen LogP contribution in [0.15, 0.2) is 24.3 Å². The Hall–Kier alpha value is -1.59. The van der Waals surface area contributed by atoms with Gasteiger partial charge >= 0.3 is 0 Å². The van der Waals surface area contributed by atoms with Crippen molar-refractivity contribution in [3.8, 4) is 0 Å². The molecule has 2 rings (SSSR count). The Morgan fingerprint density at radius 1 is 1.25 bits per heavy atom. The highest BCUT2D eigenvalue weighted by molar-refractivity contribution is 6.30. The minimum Gasteiger partial charge on any atom is -0.356 e. The summed E-state index contributed by atoms with van der Waals surface area (Å²) in [7, 11) is 0. The minimum atomic E-state index is -0.222. The molecule has 2 N–H and O–H groups in total. The molecule has 0 spiro atoms. The molecule has 0 aromatic heterocycles. The monoisotopic (exact) mass is 351 g/mol. The van der Waals surface area contributed by atoms with Gasteiger partial charge in [-0.2, -0.15) is 0 Å². The number of anilines is 1. The van der Waals surface area contributed by atoms with Gasteiger partial charge in [0.2, 0.25) is 11.8 Å². The molecule has 24 heavy (non-hydrogen) atoms. The zero-order valence-electron chi connectivity index (χ0n) is 14.3. The van der Waals surface area contributed by atoms with E-state index in [4.69, 9.17) is 11.6 Å². The smallest absolute Gasteiger partial charge is 0.241 e. The Morgan fingerprint density at radius 3 is 2.46 bits per heavy atom. The summed E-state index contributed by atoms with van der Waals surface area (Å²) in [5, 5.41) is 6.51. The van der Waals surface area contributed by atoms with Gasteiger partial charge < -0.3 is 10.6 Å². The first-order chi connectivity index (χ1) is 11.5. The van der Waals surface area contributed by atoms with Crippen molar-refractivity contribution >= 4 is 29.1 Å². The van der Waals surface area contributed by atoms with Crippen LogP contribution >= 0.6 is 11.6 Å². The van der Waals surface area contributed by atoms with Crippen molar-refractivity contribution in [2.75, 3.05) is 25.0 Å². The third kappa shape index (κ3) is 5.21. The number of likely N-dealkylation sites (tertiary alicyclic amines) is 1. The van der Waals surface area contributed by atoms with E-state index >= 15 is 0 Å². The largest absolute Gasteiger partial charge is 0.356 e. The van der Waals surface area contributed by atoms with Crippen LogP contribution in [0, 0.1) is 5.92 Å². The topological polar surface area (TPSA) is 61.4 Å².